The first kappa shape index (κ1) is 13.9. The normalized spacial score (nSPS) is 29.6. The molecule has 1 saturated heterocycles. The Kier molecular flexibility index (Phi) is 5.22. The molecule has 0 bridgehead atoms. The summed E-state index contributed by atoms with van der Waals surface area (Å²) in [5.74, 6) is 0.652. The van der Waals surface area contributed by atoms with E-state index in [1.807, 2.05) is 0 Å². The van der Waals surface area contributed by atoms with Crippen LogP contribution < -0.4 is 5.32 Å². The molecular formula is C13H28N2O. The van der Waals surface area contributed by atoms with Crippen molar-refractivity contribution >= 4 is 0 Å². The largest absolute Gasteiger partial charge is 0.383 e. The molecular weight excluding hydrogens is 200 g/mol. The van der Waals surface area contributed by atoms with Crippen molar-refractivity contribution in [1.29, 1.82) is 0 Å². The van der Waals surface area contributed by atoms with E-state index in [2.05, 4.69) is 37.9 Å². The van der Waals surface area contributed by atoms with E-state index >= 15 is 0 Å². The SMILES string of the molecule is CCC1(C)CN(C(COC)C(C)C)CCN1. The van der Waals surface area contributed by atoms with Crippen LogP contribution in [0.15, 0.2) is 0 Å². The molecule has 96 valence electrons. The fourth-order valence-electron chi connectivity index (χ4n) is 2.49. The zero-order valence-electron chi connectivity index (χ0n) is 11.5. The molecule has 1 aliphatic rings. The van der Waals surface area contributed by atoms with Gasteiger partial charge < -0.3 is 10.1 Å². The van der Waals surface area contributed by atoms with Gasteiger partial charge in [-0.1, -0.05) is 20.8 Å². The molecule has 0 aromatic heterocycles. The number of nitrogens with one attached hydrogen (secondary N) is 1. The predicted molar refractivity (Wildman–Crippen MR) is 68.8 cm³/mol. The van der Waals surface area contributed by atoms with Crippen molar-refractivity contribution in [3.05, 3.63) is 0 Å². The highest BCUT2D eigenvalue weighted by Gasteiger charge is 2.33. The van der Waals surface area contributed by atoms with Crippen LogP contribution in [0.1, 0.15) is 34.1 Å². The second-order valence-electron chi connectivity index (χ2n) is 5.58. The van der Waals surface area contributed by atoms with Gasteiger partial charge in [0, 0.05) is 38.3 Å². The number of hydrogen-bond donors (Lipinski definition) is 1. The number of nitrogens with zero attached hydrogens (tertiary/aromatic N) is 1. The van der Waals surface area contributed by atoms with Gasteiger partial charge >= 0.3 is 0 Å². The van der Waals surface area contributed by atoms with Gasteiger partial charge in [0.15, 0.2) is 0 Å². The Morgan fingerprint density at radius 2 is 2.12 bits per heavy atom. The number of rotatable bonds is 5. The van der Waals surface area contributed by atoms with Crippen molar-refractivity contribution in [2.45, 2.75) is 45.7 Å². The number of ether oxygens (including phenoxy) is 1. The Labute approximate surface area is 101 Å². The Bertz CT molecular complexity index is 208. The summed E-state index contributed by atoms with van der Waals surface area (Å²) in [6.45, 7) is 13.4. The lowest BCUT2D eigenvalue weighted by Crippen LogP contribution is -2.62. The first-order valence-corrected chi connectivity index (χ1v) is 6.50. The van der Waals surface area contributed by atoms with Crippen molar-refractivity contribution in [3.8, 4) is 0 Å². The van der Waals surface area contributed by atoms with Crippen LogP contribution in [0.25, 0.3) is 0 Å². The van der Waals surface area contributed by atoms with Gasteiger partial charge in [0.05, 0.1) is 6.61 Å². The molecule has 0 aromatic rings. The molecule has 2 atom stereocenters. The summed E-state index contributed by atoms with van der Waals surface area (Å²) in [6.07, 6.45) is 1.18. The molecule has 1 N–H and O–H groups in total. The average Bonchev–Trinajstić information content (AvgIpc) is 2.25. The minimum Gasteiger partial charge on any atom is -0.383 e. The maximum Gasteiger partial charge on any atom is 0.0620 e. The quantitative estimate of drug-likeness (QED) is 0.775. The predicted octanol–water partition coefficient (Wildman–Crippen LogP) is 1.73. The minimum absolute atomic E-state index is 0.277. The highest BCUT2D eigenvalue weighted by molar-refractivity contribution is 4.92. The topological polar surface area (TPSA) is 24.5 Å². The van der Waals surface area contributed by atoms with Crippen LogP contribution in [-0.4, -0.2) is 49.8 Å². The van der Waals surface area contributed by atoms with Crippen molar-refractivity contribution < 1.29 is 4.74 Å². The minimum atomic E-state index is 0.277. The number of hydrogen-bond acceptors (Lipinski definition) is 3. The zero-order valence-corrected chi connectivity index (χ0v) is 11.5. The van der Waals surface area contributed by atoms with E-state index in [9.17, 15) is 0 Å². The maximum atomic E-state index is 5.36. The number of methoxy groups -OCH3 is 1. The molecule has 1 rings (SSSR count). The first-order chi connectivity index (χ1) is 7.52. The van der Waals surface area contributed by atoms with Crippen LogP contribution >= 0.6 is 0 Å². The third-order valence-corrected chi connectivity index (χ3v) is 3.86. The van der Waals surface area contributed by atoms with E-state index in [0.29, 0.717) is 12.0 Å². The van der Waals surface area contributed by atoms with Crippen LogP contribution in [0.3, 0.4) is 0 Å². The van der Waals surface area contributed by atoms with Gasteiger partial charge in [-0.2, -0.15) is 0 Å². The second-order valence-corrected chi connectivity index (χ2v) is 5.58. The molecule has 2 unspecified atom stereocenters. The van der Waals surface area contributed by atoms with Crippen molar-refractivity contribution in [2.75, 3.05) is 33.4 Å². The maximum absolute atomic E-state index is 5.36. The molecule has 16 heavy (non-hydrogen) atoms. The highest BCUT2D eigenvalue weighted by Crippen LogP contribution is 2.20. The second kappa shape index (κ2) is 5.99. The standard InChI is InChI=1S/C13H28N2O/c1-6-13(4)10-15(8-7-14-13)12(9-16-5)11(2)3/h11-12,14H,6-10H2,1-5H3. The third-order valence-electron chi connectivity index (χ3n) is 3.86. The molecule has 0 aliphatic carbocycles. The van der Waals surface area contributed by atoms with Crippen LogP contribution in [0, 0.1) is 5.92 Å². The summed E-state index contributed by atoms with van der Waals surface area (Å²) in [5.41, 5.74) is 0.277. The molecule has 1 fully saturated rings. The summed E-state index contributed by atoms with van der Waals surface area (Å²) in [4.78, 5) is 2.59. The summed E-state index contributed by atoms with van der Waals surface area (Å²) in [6, 6.07) is 0.554. The van der Waals surface area contributed by atoms with Gasteiger partial charge in [-0.25, -0.2) is 0 Å². The van der Waals surface area contributed by atoms with E-state index in [0.717, 1.165) is 26.2 Å². The average molecular weight is 228 g/mol. The van der Waals surface area contributed by atoms with E-state index in [4.69, 9.17) is 4.74 Å². The van der Waals surface area contributed by atoms with Crippen LogP contribution in [0.5, 0.6) is 0 Å². The van der Waals surface area contributed by atoms with E-state index in [-0.39, 0.29) is 5.54 Å². The molecule has 0 amide bonds. The molecule has 0 radical (unpaired) electrons. The highest BCUT2D eigenvalue weighted by atomic mass is 16.5. The van der Waals surface area contributed by atoms with E-state index in [1.54, 1.807) is 7.11 Å². The Morgan fingerprint density at radius 3 is 2.62 bits per heavy atom. The Hall–Kier alpha value is -0.120. The van der Waals surface area contributed by atoms with Crippen molar-refractivity contribution in [3.63, 3.8) is 0 Å². The lowest BCUT2D eigenvalue weighted by atomic mass is 9.93. The van der Waals surface area contributed by atoms with Gasteiger partial charge in [0.1, 0.15) is 0 Å². The Morgan fingerprint density at radius 1 is 1.44 bits per heavy atom. The smallest absolute Gasteiger partial charge is 0.0620 e. The van der Waals surface area contributed by atoms with Crippen LogP contribution in [0.4, 0.5) is 0 Å². The van der Waals surface area contributed by atoms with Gasteiger partial charge in [-0.05, 0) is 19.3 Å². The summed E-state index contributed by atoms with van der Waals surface area (Å²) >= 11 is 0. The van der Waals surface area contributed by atoms with Gasteiger partial charge in [0.25, 0.3) is 0 Å². The molecule has 0 saturated carbocycles. The van der Waals surface area contributed by atoms with Gasteiger partial charge in [-0.15, -0.1) is 0 Å². The van der Waals surface area contributed by atoms with Crippen LogP contribution in [-0.2, 0) is 4.74 Å². The van der Waals surface area contributed by atoms with Crippen molar-refractivity contribution in [1.82, 2.24) is 10.2 Å². The summed E-state index contributed by atoms with van der Waals surface area (Å²) < 4.78 is 5.36. The zero-order chi connectivity index (χ0) is 12.2. The molecule has 0 aromatic carbocycles. The molecule has 1 aliphatic heterocycles. The Balaban J connectivity index is 2.63. The van der Waals surface area contributed by atoms with E-state index < -0.39 is 0 Å². The lowest BCUT2D eigenvalue weighted by Gasteiger charge is -2.45. The summed E-state index contributed by atoms with van der Waals surface area (Å²) in [7, 11) is 1.80. The monoisotopic (exact) mass is 228 g/mol. The first-order valence-electron chi connectivity index (χ1n) is 6.50. The summed E-state index contributed by atoms with van der Waals surface area (Å²) in [5, 5.41) is 3.63. The van der Waals surface area contributed by atoms with Gasteiger partial charge in [0.2, 0.25) is 0 Å². The molecule has 1 heterocycles. The fraction of sp³-hybridized carbons (Fsp3) is 1.00. The number of piperazine rings is 1. The molecule has 0 spiro atoms. The van der Waals surface area contributed by atoms with Crippen molar-refractivity contribution in [2.24, 2.45) is 5.92 Å². The molecule has 3 heteroatoms. The molecule has 3 nitrogen and oxygen atoms in total. The van der Waals surface area contributed by atoms with Gasteiger partial charge in [-0.3, -0.25) is 4.90 Å². The lowest BCUT2D eigenvalue weighted by molar-refractivity contribution is 0.0273. The van der Waals surface area contributed by atoms with Crippen LogP contribution in [0.2, 0.25) is 0 Å². The van der Waals surface area contributed by atoms with E-state index in [1.165, 1.54) is 6.42 Å². The fourth-order valence-corrected chi connectivity index (χ4v) is 2.49. The third kappa shape index (κ3) is 3.44.